The zero-order chi connectivity index (χ0) is 14.8. The van der Waals surface area contributed by atoms with Crippen LogP contribution in [0.15, 0.2) is 23.1 Å². The Kier molecular flexibility index (Phi) is 4.70. The number of halogens is 1. The van der Waals surface area contributed by atoms with Crippen molar-refractivity contribution in [2.75, 3.05) is 12.9 Å². The highest BCUT2D eigenvalue weighted by Gasteiger charge is 2.44. The molecular formula is C15H20FNO2S. The second-order valence-electron chi connectivity index (χ2n) is 5.49. The third-order valence-electron chi connectivity index (χ3n) is 3.71. The monoisotopic (exact) mass is 297 g/mol. The number of methoxy groups -OCH3 is 1. The molecule has 110 valence electrons. The Morgan fingerprint density at radius 2 is 2.25 bits per heavy atom. The summed E-state index contributed by atoms with van der Waals surface area (Å²) in [6.07, 6.45) is 2.41. The molecule has 1 aliphatic carbocycles. The minimum absolute atomic E-state index is 0.0187. The van der Waals surface area contributed by atoms with Gasteiger partial charge < -0.3 is 10.5 Å². The molecule has 0 spiro atoms. The minimum Gasteiger partial charge on any atom is -0.469 e. The Bertz CT molecular complexity index is 501. The number of hydrogen-bond acceptors (Lipinski definition) is 4. The van der Waals surface area contributed by atoms with Crippen LogP contribution in [0.2, 0.25) is 0 Å². The maximum absolute atomic E-state index is 14.0. The number of esters is 1. The van der Waals surface area contributed by atoms with Gasteiger partial charge in [0.05, 0.1) is 13.5 Å². The molecule has 0 heterocycles. The van der Waals surface area contributed by atoms with Crippen molar-refractivity contribution in [2.24, 2.45) is 11.1 Å². The van der Waals surface area contributed by atoms with E-state index >= 15 is 0 Å². The van der Waals surface area contributed by atoms with Gasteiger partial charge in [-0.1, -0.05) is 12.1 Å². The normalized spacial score (nSPS) is 17.6. The molecule has 2 N–H and O–H groups in total. The molecule has 1 aliphatic rings. The van der Waals surface area contributed by atoms with Crippen molar-refractivity contribution in [1.82, 2.24) is 0 Å². The van der Waals surface area contributed by atoms with E-state index in [-0.39, 0.29) is 23.2 Å². The highest BCUT2D eigenvalue weighted by atomic mass is 32.2. The van der Waals surface area contributed by atoms with Crippen molar-refractivity contribution in [1.29, 1.82) is 0 Å². The van der Waals surface area contributed by atoms with Gasteiger partial charge in [-0.3, -0.25) is 4.79 Å². The Hall–Kier alpha value is -1.07. The van der Waals surface area contributed by atoms with Crippen LogP contribution in [0.5, 0.6) is 0 Å². The predicted molar refractivity (Wildman–Crippen MR) is 78.0 cm³/mol. The molecule has 0 amide bonds. The van der Waals surface area contributed by atoms with Crippen molar-refractivity contribution in [3.8, 4) is 0 Å². The van der Waals surface area contributed by atoms with E-state index in [9.17, 15) is 9.18 Å². The molecule has 0 aliphatic heterocycles. The molecule has 1 aromatic carbocycles. The Morgan fingerprint density at radius 1 is 1.55 bits per heavy atom. The SMILES string of the molecule is COC(=O)CC1(CSc2c(F)cccc2C(C)N)CC1. The van der Waals surface area contributed by atoms with Gasteiger partial charge in [0.25, 0.3) is 0 Å². The van der Waals surface area contributed by atoms with Crippen LogP contribution in [0, 0.1) is 11.2 Å². The summed E-state index contributed by atoms with van der Waals surface area (Å²) in [7, 11) is 1.40. The van der Waals surface area contributed by atoms with Crippen molar-refractivity contribution in [3.05, 3.63) is 29.6 Å². The summed E-state index contributed by atoms with van der Waals surface area (Å²) >= 11 is 1.46. The summed E-state index contributed by atoms with van der Waals surface area (Å²) < 4.78 is 18.7. The Morgan fingerprint density at radius 3 is 2.80 bits per heavy atom. The van der Waals surface area contributed by atoms with Crippen molar-refractivity contribution in [3.63, 3.8) is 0 Å². The molecule has 0 aromatic heterocycles. The zero-order valence-corrected chi connectivity index (χ0v) is 12.6. The number of carbonyl (C=O) groups is 1. The molecule has 0 saturated heterocycles. The molecule has 5 heteroatoms. The minimum atomic E-state index is -0.237. The first-order chi connectivity index (χ1) is 9.47. The van der Waals surface area contributed by atoms with Crippen LogP contribution in [0.25, 0.3) is 0 Å². The number of carbonyl (C=O) groups excluding carboxylic acids is 1. The van der Waals surface area contributed by atoms with Gasteiger partial charge in [-0.25, -0.2) is 4.39 Å². The number of rotatable bonds is 6. The number of nitrogens with two attached hydrogens (primary N) is 1. The van der Waals surface area contributed by atoms with Gasteiger partial charge in [0, 0.05) is 16.7 Å². The summed E-state index contributed by atoms with van der Waals surface area (Å²) in [5, 5.41) is 0. The van der Waals surface area contributed by atoms with Gasteiger partial charge in [-0.2, -0.15) is 0 Å². The second-order valence-corrected chi connectivity index (χ2v) is 6.47. The molecule has 2 rings (SSSR count). The van der Waals surface area contributed by atoms with Crippen molar-refractivity contribution < 1.29 is 13.9 Å². The van der Waals surface area contributed by atoms with Gasteiger partial charge in [-0.05, 0) is 36.8 Å². The molecule has 1 saturated carbocycles. The fourth-order valence-corrected chi connectivity index (χ4v) is 3.66. The van der Waals surface area contributed by atoms with E-state index in [0.717, 1.165) is 24.2 Å². The number of hydrogen-bond donors (Lipinski definition) is 1. The Labute approximate surface area is 123 Å². The van der Waals surface area contributed by atoms with E-state index in [1.54, 1.807) is 6.07 Å². The number of thioether (sulfide) groups is 1. The van der Waals surface area contributed by atoms with E-state index in [4.69, 9.17) is 10.5 Å². The topological polar surface area (TPSA) is 52.3 Å². The molecule has 1 aromatic rings. The first kappa shape index (κ1) is 15.3. The molecule has 1 atom stereocenters. The van der Waals surface area contributed by atoms with E-state index in [0.29, 0.717) is 11.3 Å². The summed E-state index contributed by atoms with van der Waals surface area (Å²) in [5.41, 5.74) is 6.69. The van der Waals surface area contributed by atoms with Crippen LogP contribution in [0.4, 0.5) is 4.39 Å². The maximum Gasteiger partial charge on any atom is 0.306 e. The molecule has 3 nitrogen and oxygen atoms in total. The van der Waals surface area contributed by atoms with Crippen LogP contribution in [-0.4, -0.2) is 18.8 Å². The molecule has 0 radical (unpaired) electrons. The van der Waals surface area contributed by atoms with Crippen LogP contribution in [0.1, 0.15) is 37.8 Å². The van der Waals surface area contributed by atoms with E-state index < -0.39 is 0 Å². The molecule has 1 fully saturated rings. The van der Waals surface area contributed by atoms with E-state index in [2.05, 4.69) is 0 Å². The van der Waals surface area contributed by atoms with Crippen molar-refractivity contribution in [2.45, 2.75) is 37.1 Å². The lowest BCUT2D eigenvalue weighted by molar-refractivity contribution is -0.141. The van der Waals surface area contributed by atoms with Gasteiger partial charge in [0.1, 0.15) is 5.82 Å². The first-order valence-electron chi connectivity index (χ1n) is 6.71. The average Bonchev–Trinajstić information content (AvgIpc) is 3.16. The second kappa shape index (κ2) is 6.14. The summed E-state index contributed by atoms with van der Waals surface area (Å²) in [5.74, 6) is 0.297. The van der Waals surface area contributed by atoms with Crippen molar-refractivity contribution >= 4 is 17.7 Å². The van der Waals surface area contributed by atoms with Gasteiger partial charge in [-0.15, -0.1) is 11.8 Å². The average molecular weight is 297 g/mol. The Balaban J connectivity index is 2.06. The molecular weight excluding hydrogens is 277 g/mol. The van der Waals surface area contributed by atoms with Crippen LogP contribution in [0.3, 0.4) is 0 Å². The van der Waals surface area contributed by atoms with Crippen LogP contribution < -0.4 is 5.73 Å². The van der Waals surface area contributed by atoms with E-state index in [1.807, 2.05) is 13.0 Å². The van der Waals surface area contributed by atoms with Gasteiger partial charge in [0.15, 0.2) is 0 Å². The summed E-state index contributed by atoms with van der Waals surface area (Å²) in [4.78, 5) is 12.0. The van der Waals surface area contributed by atoms with E-state index in [1.165, 1.54) is 24.9 Å². The molecule has 20 heavy (non-hydrogen) atoms. The quantitative estimate of drug-likeness (QED) is 0.646. The predicted octanol–water partition coefficient (Wildman–Crippen LogP) is 3.28. The van der Waals surface area contributed by atoms with Gasteiger partial charge in [0.2, 0.25) is 0 Å². The smallest absolute Gasteiger partial charge is 0.306 e. The first-order valence-corrected chi connectivity index (χ1v) is 7.70. The third-order valence-corrected chi connectivity index (χ3v) is 5.19. The zero-order valence-electron chi connectivity index (χ0n) is 11.8. The van der Waals surface area contributed by atoms with Crippen LogP contribution in [-0.2, 0) is 9.53 Å². The fraction of sp³-hybridized carbons (Fsp3) is 0.533. The highest BCUT2D eigenvalue weighted by Crippen LogP contribution is 2.52. The lowest BCUT2D eigenvalue weighted by atomic mass is 10.1. The lowest BCUT2D eigenvalue weighted by Crippen LogP contribution is -2.14. The summed E-state index contributed by atoms with van der Waals surface area (Å²) in [6, 6.07) is 4.78. The summed E-state index contributed by atoms with van der Waals surface area (Å²) in [6.45, 7) is 1.85. The lowest BCUT2D eigenvalue weighted by Gasteiger charge is -2.17. The van der Waals surface area contributed by atoms with Gasteiger partial charge >= 0.3 is 5.97 Å². The number of benzene rings is 1. The number of ether oxygens (including phenoxy) is 1. The molecule has 0 bridgehead atoms. The third kappa shape index (κ3) is 3.52. The maximum atomic E-state index is 14.0. The standard InChI is InChI=1S/C15H20FNO2S/c1-10(17)11-4-3-5-12(16)14(11)20-9-15(6-7-15)8-13(18)19-2/h3-5,10H,6-9,17H2,1-2H3. The largest absolute Gasteiger partial charge is 0.469 e. The highest BCUT2D eigenvalue weighted by molar-refractivity contribution is 7.99. The van der Waals surface area contributed by atoms with Crippen LogP contribution >= 0.6 is 11.8 Å². The fourth-order valence-electron chi connectivity index (χ4n) is 2.19. The molecule has 1 unspecified atom stereocenters.